The molecular formula is C16H32N2O4. The number of carbonyl (C=O) groups is 1. The lowest BCUT2D eigenvalue weighted by molar-refractivity contribution is 0.0523. The highest BCUT2D eigenvalue weighted by atomic mass is 16.6. The maximum Gasteiger partial charge on any atom is 0.407 e. The third-order valence-corrected chi connectivity index (χ3v) is 3.46. The van der Waals surface area contributed by atoms with Crippen LogP contribution in [0.2, 0.25) is 0 Å². The Balaban J connectivity index is 2.19. The molecule has 6 nitrogen and oxygen atoms in total. The summed E-state index contributed by atoms with van der Waals surface area (Å²) in [6.07, 6.45) is 3.60. The van der Waals surface area contributed by atoms with Gasteiger partial charge in [-0.1, -0.05) is 0 Å². The Hall–Kier alpha value is -0.850. The summed E-state index contributed by atoms with van der Waals surface area (Å²) in [7, 11) is 1.72. The standard InChI is InChI=1S/C16H32N2O4/c1-16(2,3)22-15(19)17-9-5-6-14(12-20-4)18-13-7-10-21-11-8-13/h13-14,18H,5-12H2,1-4H3,(H,17,19). The van der Waals surface area contributed by atoms with Crippen LogP contribution in [0.3, 0.4) is 0 Å². The molecule has 1 heterocycles. The fourth-order valence-electron chi connectivity index (χ4n) is 2.47. The normalized spacial score (nSPS) is 18.0. The van der Waals surface area contributed by atoms with Crippen molar-refractivity contribution in [1.29, 1.82) is 0 Å². The lowest BCUT2D eigenvalue weighted by Crippen LogP contribution is -2.44. The molecule has 1 aliphatic heterocycles. The van der Waals surface area contributed by atoms with Gasteiger partial charge in [0.15, 0.2) is 0 Å². The molecule has 1 amide bonds. The number of nitrogens with one attached hydrogen (secondary N) is 2. The van der Waals surface area contributed by atoms with Gasteiger partial charge < -0.3 is 24.8 Å². The van der Waals surface area contributed by atoms with Crippen LogP contribution in [-0.2, 0) is 14.2 Å². The minimum atomic E-state index is -0.451. The maximum absolute atomic E-state index is 11.6. The highest BCUT2D eigenvalue weighted by molar-refractivity contribution is 5.67. The van der Waals surface area contributed by atoms with E-state index in [0.717, 1.165) is 38.9 Å². The molecule has 0 saturated carbocycles. The minimum Gasteiger partial charge on any atom is -0.444 e. The van der Waals surface area contributed by atoms with E-state index in [4.69, 9.17) is 14.2 Å². The largest absolute Gasteiger partial charge is 0.444 e. The Morgan fingerprint density at radius 3 is 2.59 bits per heavy atom. The van der Waals surface area contributed by atoms with Gasteiger partial charge >= 0.3 is 6.09 Å². The second-order valence-corrected chi connectivity index (χ2v) is 6.78. The predicted molar refractivity (Wildman–Crippen MR) is 86.1 cm³/mol. The Morgan fingerprint density at radius 2 is 2.00 bits per heavy atom. The summed E-state index contributed by atoms with van der Waals surface area (Å²) in [6.45, 7) is 8.54. The van der Waals surface area contributed by atoms with Crippen molar-refractivity contribution in [2.75, 3.05) is 33.5 Å². The van der Waals surface area contributed by atoms with Crippen LogP contribution in [0.15, 0.2) is 0 Å². The monoisotopic (exact) mass is 316 g/mol. The van der Waals surface area contributed by atoms with Gasteiger partial charge in [0.2, 0.25) is 0 Å². The van der Waals surface area contributed by atoms with Crippen LogP contribution in [0.1, 0.15) is 46.5 Å². The smallest absolute Gasteiger partial charge is 0.407 e. The highest BCUT2D eigenvalue weighted by Crippen LogP contribution is 2.10. The van der Waals surface area contributed by atoms with E-state index in [2.05, 4.69) is 10.6 Å². The molecule has 0 aromatic heterocycles. The van der Waals surface area contributed by atoms with Crippen molar-refractivity contribution in [1.82, 2.24) is 10.6 Å². The summed E-state index contributed by atoms with van der Waals surface area (Å²) >= 11 is 0. The lowest BCUT2D eigenvalue weighted by atomic mass is 10.1. The molecule has 0 aliphatic carbocycles. The van der Waals surface area contributed by atoms with E-state index >= 15 is 0 Å². The van der Waals surface area contributed by atoms with Gasteiger partial charge in [0.1, 0.15) is 5.60 Å². The van der Waals surface area contributed by atoms with Gasteiger partial charge in [0.05, 0.1) is 6.61 Å². The van der Waals surface area contributed by atoms with E-state index in [0.29, 0.717) is 25.2 Å². The summed E-state index contributed by atoms with van der Waals surface area (Å²) < 4.78 is 15.9. The van der Waals surface area contributed by atoms with Gasteiger partial charge in [0.25, 0.3) is 0 Å². The van der Waals surface area contributed by atoms with Crippen LogP contribution in [0.4, 0.5) is 4.79 Å². The fraction of sp³-hybridized carbons (Fsp3) is 0.938. The van der Waals surface area contributed by atoms with Crippen molar-refractivity contribution in [2.24, 2.45) is 0 Å². The van der Waals surface area contributed by atoms with Crippen LogP contribution < -0.4 is 10.6 Å². The number of hydrogen-bond donors (Lipinski definition) is 2. The zero-order valence-electron chi connectivity index (χ0n) is 14.4. The molecule has 1 aliphatic rings. The zero-order chi connectivity index (χ0) is 16.4. The number of alkyl carbamates (subject to hydrolysis) is 1. The summed E-state index contributed by atoms with van der Waals surface area (Å²) in [6, 6.07) is 0.821. The second-order valence-electron chi connectivity index (χ2n) is 6.78. The van der Waals surface area contributed by atoms with Gasteiger partial charge in [-0.3, -0.25) is 0 Å². The number of ether oxygens (including phenoxy) is 3. The second kappa shape index (κ2) is 10.0. The van der Waals surface area contributed by atoms with E-state index < -0.39 is 5.60 Å². The predicted octanol–water partition coefficient (Wildman–Crippen LogP) is 2.07. The first-order valence-corrected chi connectivity index (χ1v) is 8.20. The molecule has 1 saturated heterocycles. The molecule has 0 aromatic carbocycles. The molecule has 1 atom stereocenters. The highest BCUT2D eigenvalue weighted by Gasteiger charge is 2.19. The van der Waals surface area contributed by atoms with Gasteiger partial charge in [-0.2, -0.15) is 0 Å². The molecule has 130 valence electrons. The molecule has 0 radical (unpaired) electrons. The van der Waals surface area contributed by atoms with Gasteiger partial charge in [-0.05, 0) is 46.5 Å². The first-order chi connectivity index (χ1) is 10.4. The molecule has 2 N–H and O–H groups in total. The first kappa shape index (κ1) is 19.2. The molecule has 0 aromatic rings. The van der Waals surface area contributed by atoms with Crippen LogP contribution in [-0.4, -0.2) is 57.3 Å². The third kappa shape index (κ3) is 9.23. The number of amides is 1. The summed E-state index contributed by atoms with van der Waals surface area (Å²) in [5, 5.41) is 6.42. The molecule has 1 fully saturated rings. The van der Waals surface area contributed by atoms with Gasteiger partial charge in [-0.15, -0.1) is 0 Å². The molecule has 0 bridgehead atoms. The maximum atomic E-state index is 11.6. The van der Waals surface area contributed by atoms with E-state index in [9.17, 15) is 4.79 Å². The third-order valence-electron chi connectivity index (χ3n) is 3.46. The molecule has 1 unspecified atom stereocenters. The average molecular weight is 316 g/mol. The Kier molecular flexibility index (Phi) is 8.75. The molecule has 0 spiro atoms. The quantitative estimate of drug-likeness (QED) is 0.671. The Labute approximate surface area is 134 Å². The van der Waals surface area contributed by atoms with E-state index in [1.165, 1.54) is 0 Å². The summed E-state index contributed by atoms with van der Waals surface area (Å²) in [5.41, 5.74) is -0.451. The van der Waals surface area contributed by atoms with Crippen LogP contribution >= 0.6 is 0 Å². The van der Waals surface area contributed by atoms with E-state index in [1.54, 1.807) is 7.11 Å². The van der Waals surface area contributed by atoms with E-state index in [1.807, 2.05) is 20.8 Å². The molecular weight excluding hydrogens is 284 g/mol. The average Bonchev–Trinajstić information content (AvgIpc) is 2.43. The molecule has 22 heavy (non-hydrogen) atoms. The number of hydrogen-bond acceptors (Lipinski definition) is 5. The number of carbonyl (C=O) groups excluding carboxylic acids is 1. The number of rotatable bonds is 8. The van der Waals surface area contributed by atoms with Crippen molar-refractivity contribution in [3.63, 3.8) is 0 Å². The lowest BCUT2D eigenvalue weighted by Gasteiger charge is -2.28. The minimum absolute atomic E-state index is 0.313. The van der Waals surface area contributed by atoms with Crippen molar-refractivity contribution in [3.05, 3.63) is 0 Å². The van der Waals surface area contributed by atoms with Crippen molar-refractivity contribution in [3.8, 4) is 0 Å². The van der Waals surface area contributed by atoms with Crippen LogP contribution in [0.5, 0.6) is 0 Å². The topological polar surface area (TPSA) is 68.8 Å². The van der Waals surface area contributed by atoms with Gasteiger partial charge in [0, 0.05) is 39.0 Å². The summed E-state index contributed by atoms with van der Waals surface area (Å²) in [4.78, 5) is 11.6. The fourth-order valence-corrected chi connectivity index (χ4v) is 2.47. The van der Waals surface area contributed by atoms with Crippen molar-refractivity contribution >= 4 is 6.09 Å². The number of methoxy groups -OCH3 is 1. The van der Waals surface area contributed by atoms with Crippen molar-refractivity contribution < 1.29 is 19.0 Å². The Bertz CT molecular complexity index is 312. The van der Waals surface area contributed by atoms with Crippen LogP contribution in [0.25, 0.3) is 0 Å². The SMILES string of the molecule is COCC(CCCNC(=O)OC(C)(C)C)NC1CCOCC1. The Morgan fingerprint density at radius 1 is 1.32 bits per heavy atom. The zero-order valence-corrected chi connectivity index (χ0v) is 14.4. The first-order valence-electron chi connectivity index (χ1n) is 8.20. The van der Waals surface area contributed by atoms with Crippen LogP contribution in [0, 0.1) is 0 Å². The van der Waals surface area contributed by atoms with Gasteiger partial charge in [-0.25, -0.2) is 4.79 Å². The van der Waals surface area contributed by atoms with E-state index in [-0.39, 0.29) is 6.09 Å². The van der Waals surface area contributed by atoms with Crippen molar-refractivity contribution in [2.45, 2.75) is 64.1 Å². The molecule has 1 rings (SSSR count). The molecule has 6 heteroatoms. The summed E-state index contributed by atoms with van der Waals surface area (Å²) in [5.74, 6) is 0.